The highest BCUT2D eigenvalue weighted by Crippen LogP contribution is 2.34. The van der Waals surface area contributed by atoms with Crippen molar-refractivity contribution in [1.29, 1.82) is 0 Å². The zero-order valence-corrected chi connectivity index (χ0v) is 17.1. The number of benzene rings is 2. The number of nitrogens with zero attached hydrogens (tertiary/aromatic N) is 1. The first-order valence-corrected chi connectivity index (χ1v) is 10.8. The van der Waals surface area contributed by atoms with Gasteiger partial charge in [0.1, 0.15) is 0 Å². The van der Waals surface area contributed by atoms with Crippen LogP contribution in [-0.2, 0) is 16.0 Å². The van der Waals surface area contributed by atoms with Crippen LogP contribution in [-0.4, -0.2) is 29.3 Å². The molecule has 152 valence electrons. The minimum Gasteiger partial charge on any atom is -0.353 e. The van der Waals surface area contributed by atoms with Gasteiger partial charge in [-0.15, -0.1) is 0 Å². The van der Waals surface area contributed by atoms with Crippen molar-refractivity contribution in [3.05, 3.63) is 71.3 Å². The minimum absolute atomic E-state index is 0.0423. The molecular weight excluding hydrogens is 360 g/mol. The van der Waals surface area contributed by atoms with Crippen LogP contribution in [0.3, 0.4) is 0 Å². The molecular formula is C25H30N2O2. The van der Waals surface area contributed by atoms with Crippen LogP contribution >= 0.6 is 0 Å². The molecule has 2 aliphatic rings. The number of nitrogens with one attached hydrogen (secondary N) is 1. The quantitative estimate of drug-likeness (QED) is 0.843. The third-order valence-corrected chi connectivity index (χ3v) is 6.56. The Hall–Kier alpha value is -2.62. The second kappa shape index (κ2) is 8.81. The Bertz CT molecular complexity index is 856. The molecule has 0 saturated heterocycles. The first-order valence-electron chi connectivity index (χ1n) is 10.8. The van der Waals surface area contributed by atoms with Gasteiger partial charge in [0, 0.05) is 19.5 Å². The Labute approximate surface area is 173 Å². The van der Waals surface area contributed by atoms with E-state index in [-0.39, 0.29) is 23.9 Å². The molecule has 1 fully saturated rings. The van der Waals surface area contributed by atoms with Crippen LogP contribution in [0.2, 0.25) is 0 Å². The van der Waals surface area contributed by atoms with Gasteiger partial charge in [-0.25, -0.2) is 0 Å². The zero-order valence-electron chi connectivity index (χ0n) is 17.1. The zero-order chi connectivity index (χ0) is 20.2. The van der Waals surface area contributed by atoms with Crippen molar-refractivity contribution < 1.29 is 9.59 Å². The number of carbonyl (C=O) groups excluding carboxylic acids is 2. The molecule has 0 bridgehead atoms. The Morgan fingerprint density at radius 3 is 2.38 bits per heavy atom. The van der Waals surface area contributed by atoms with Crippen molar-refractivity contribution in [2.45, 2.75) is 63.5 Å². The monoisotopic (exact) mass is 390 g/mol. The van der Waals surface area contributed by atoms with Gasteiger partial charge in [-0.1, -0.05) is 54.6 Å². The van der Waals surface area contributed by atoms with E-state index in [4.69, 9.17) is 0 Å². The summed E-state index contributed by atoms with van der Waals surface area (Å²) in [6.07, 6.45) is 5.46. The summed E-state index contributed by atoms with van der Waals surface area (Å²) in [4.78, 5) is 26.9. The summed E-state index contributed by atoms with van der Waals surface area (Å²) in [6.45, 7) is 2.29. The lowest BCUT2D eigenvalue weighted by Crippen LogP contribution is -2.43. The maximum Gasteiger partial charge on any atom is 0.222 e. The van der Waals surface area contributed by atoms with Gasteiger partial charge in [0.2, 0.25) is 11.8 Å². The van der Waals surface area contributed by atoms with Gasteiger partial charge in [-0.2, -0.15) is 0 Å². The third-order valence-electron chi connectivity index (χ3n) is 6.56. The fraction of sp³-hybridized carbons (Fsp3) is 0.440. The summed E-state index contributed by atoms with van der Waals surface area (Å²) >= 11 is 0. The molecule has 0 spiro atoms. The van der Waals surface area contributed by atoms with E-state index >= 15 is 0 Å². The van der Waals surface area contributed by atoms with Gasteiger partial charge in [-0.05, 0) is 54.7 Å². The Kier molecular flexibility index (Phi) is 5.98. The fourth-order valence-electron chi connectivity index (χ4n) is 5.01. The molecule has 4 rings (SSSR count). The molecule has 2 aromatic rings. The summed E-state index contributed by atoms with van der Waals surface area (Å²) in [5.41, 5.74) is 3.79. The van der Waals surface area contributed by atoms with E-state index in [0.717, 1.165) is 37.7 Å². The van der Waals surface area contributed by atoms with Gasteiger partial charge < -0.3 is 10.2 Å². The average molecular weight is 391 g/mol. The molecule has 1 heterocycles. The molecule has 1 aliphatic carbocycles. The second-order valence-corrected chi connectivity index (χ2v) is 8.41. The number of fused-ring (bicyclic) bond motifs is 1. The van der Waals surface area contributed by atoms with E-state index in [0.29, 0.717) is 18.9 Å². The largest absolute Gasteiger partial charge is 0.353 e. The molecule has 1 atom stereocenters. The predicted octanol–water partition coefficient (Wildman–Crippen LogP) is 4.37. The maximum absolute atomic E-state index is 12.9. The van der Waals surface area contributed by atoms with Crippen molar-refractivity contribution in [2.75, 3.05) is 6.54 Å². The van der Waals surface area contributed by atoms with Crippen LogP contribution < -0.4 is 5.32 Å². The molecule has 29 heavy (non-hydrogen) atoms. The Morgan fingerprint density at radius 2 is 1.66 bits per heavy atom. The van der Waals surface area contributed by atoms with Crippen LogP contribution in [0.4, 0.5) is 0 Å². The van der Waals surface area contributed by atoms with Gasteiger partial charge in [-0.3, -0.25) is 9.59 Å². The highest BCUT2D eigenvalue weighted by molar-refractivity contribution is 5.80. The lowest BCUT2D eigenvalue weighted by molar-refractivity contribution is -0.133. The number of hydrogen-bond donors (Lipinski definition) is 1. The van der Waals surface area contributed by atoms with E-state index in [1.54, 1.807) is 6.92 Å². The molecule has 4 nitrogen and oxygen atoms in total. The van der Waals surface area contributed by atoms with Crippen LogP contribution in [0.25, 0.3) is 0 Å². The number of rotatable bonds is 4. The number of hydrogen-bond acceptors (Lipinski definition) is 2. The molecule has 1 aliphatic heterocycles. The molecule has 2 amide bonds. The van der Waals surface area contributed by atoms with E-state index in [1.807, 2.05) is 17.0 Å². The minimum atomic E-state index is -0.155. The highest BCUT2D eigenvalue weighted by atomic mass is 16.2. The highest BCUT2D eigenvalue weighted by Gasteiger charge is 2.31. The molecule has 1 N–H and O–H groups in total. The van der Waals surface area contributed by atoms with Gasteiger partial charge >= 0.3 is 0 Å². The van der Waals surface area contributed by atoms with E-state index in [9.17, 15) is 9.59 Å². The van der Waals surface area contributed by atoms with Crippen LogP contribution in [0.1, 0.15) is 67.7 Å². The van der Waals surface area contributed by atoms with Crippen LogP contribution in [0, 0.1) is 0 Å². The summed E-state index contributed by atoms with van der Waals surface area (Å²) < 4.78 is 0. The van der Waals surface area contributed by atoms with Crippen LogP contribution in [0.15, 0.2) is 54.6 Å². The standard InChI is InChI=1S/C25H30N2O2/c1-18(28)27-16-15-21-9-5-6-10-23(21)24(27)17-25(29)26-22-13-11-20(12-14-22)19-7-3-2-4-8-19/h2-10,20,22,24H,11-17H2,1H3,(H,26,29). The van der Waals surface area contributed by atoms with Crippen molar-refractivity contribution >= 4 is 11.8 Å². The van der Waals surface area contributed by atoms with Crippen molar-refractivity contribution in [1.82, 2.24) is 10.2 Å². The second-order valence-electron chi connectivity index (χ2n) is 8.41. The Balaban J connectivity index is 1.36. The van der Waals surface area contributed by atoms with Crippen LogP contribution in [0.5, 0.6) is 0 Å². The van der Waals surface area contributed by atoms with Gasteiger partial charge in [0.15, 0.2) is 0 Å². The van der Waals surface area contributed by atoms with Crippen molar-refractivity contribution in [2.24, 2.45) is 0 Å². The molecule has 0 aromatic heterocycles. The Morgan fingerprint density at radius 1 is 0.966 bits per heavy atom. The van der Waals surface area contributed by atoms with E-state index in [2.05, 4.69) is 47.8 Å². The SMILES string of the molecule is CC(=O)N1CCc2ccccc2C1CC(=O)NC1CCC(c2ccccc2)CC1. The third kappa shape index (κ3) is 4.52. The van der Waals surface area contributed by atoms with E-state index < -0.39 is 0 Å². The van der Waals surface area contributed by atoms with E-state index in [1.165, 1.54) is 11.1 Å². The summed E-state index contributed by atoms with van der Waals surface area (Å²) in [5.74, 6) is 0.699. The topological polar surface area (TPSA) is 49.4 Å². The first-order chi connectivity index (χ1) is 14.1. The lowest BCUT2D eigenvalue weighted by atomic mass is 9.81. The molecule has 0 radical (unpaired) electrons. The van der Waals surface area contributed by atoms with Crippen molar-refractivity contribution in [3.8, 4) is 0 Å². The van der Waals surface area contributed by atoms with Gasteiger partial charge in [0.05, 0.1) is 12.5 Å². The van der Waals surface area contributed by atoms with Gasteiger partial charge in [0.25, 0.3) is 0 Å². The predicted molar refractivity (Wildman–Crippen MR) is 114 cm³/mol. The summed E-state index contributed by atoms with van der Waals surface area (Å²) in [5, 5.41) is 3.25. The smallest absolute Gasteiger partial charge is 0.222 e. The number of amides is 2. The lowest BCUT2D eigenvalue weighted by Gasteiger charge is -2.37. The summed E-state index contributed by atoms with van der Waals surface area (Å²) in [6, 6.07) is 19.0. The molecule has 1 saturated carbocycles. The normalized spacial score (nSPS) is 23.9. The molecule has 4 heteroatoms. The number of carbonyl (C=O) groups is 2. The molecule has 2 aromatic carbocycles. The first kappa shape index (κ1) is 19.7. The maximum atomic E-state index is 12.9. The molecule has 1 unspecified atom stereocenters. The fourth-order valence-corrected chi connectivity index (χ4v) is 5.01. The van der Waals surface area contributed by atoms with Crippen molar-refractivity contribution in [3.63, 3.8) is 0 Å². The summed E-state index contributed by atoms with van der Waals surface area (Å²) in [7, 11) is 0. The average Bonchev–Trinajstić information content (AvgIpc) is 2.75.